The molecule has 0 atom stereocenters. The second-order valence-electron chi connectivity index (χ2n) is 4.49. The van der Waals surface area contributed by atoms with Gasteiger partial charge < -0.3 is 0 Å². The third kappa shape index (κ3) is 3.50. The molecule has 1 rings (SSSR count). The average molecular weight is 337 g/mol. The Labute approximate surface area is 98.4 Å². The van der Waals surface area contributed by atoms with Gasteiger partial charge in [0.25, 0.3) is 0 Å². The predicted octanol–water partition coefficient (Wildman–Crippen LogP) is 2.84. The van der Waals surface area contributed by atoms with E-state index in [4.69, 9.17) is 4.74 Å². The number of ether oxygens (including phenoxy) is 2. The molecule has 0 aliphatic carbocycles. The van der Waals surface area contributed by atoms with Crippen LogP contribution < -0.4 is 13.1 Å². The summed E-state index contributed by atoms with van der Waals surface area (Å²) in [6.45, 7) is -2.80. The molecular weight excluding hydrogens is 321 g/mol. The second-order valence-corrected chi connectivity index (χ2v) is 18.9. The first-order chi connectivity index (χ1) is 7.34. The summed E-state index contributed by atoms with van der Waals surface area (Å²) in [7, 11) is 1.54. The van der Waals surface area contributed by atoms with Gasteiger partial charge in [-0.25, -0.2) is 0 Å². The van der Waals surface area contributed by atoms with Crippen LogP contribution in [0.3, 0.4) is 0 Å². The fourth-order valence-electron chi connectivity index (χ4n) is 1.47. The Kier molecular flexibility index (Phi) is 4.41. The minimum absolute atomic E-state index is 0.145. The summed E-state index contributed by atoms with van der Waals surface area (Å²) in [6.07, 6.45) is 0. The van der Waals surface area contributed by atoms with Crippen molar-refractivity contribution in [3.8, 4) is 11.5 Å². The Morgan fingerprint density at radius 3 is 2.25 bits per heavy atom. The molecule has 0 saturated heterocycles. The Morgan fingerprint density at radius 1 is 1.19 bits per heavy atom. The molecule has 0 saturated carbocycles. The van der Waals surface area contributed by atoms with Crippen molar-refractivity contribution in [3.63, 3.8) is 0 Å². The molecule has 2 nitrogen and oxygen atoms in total. The summed E-state index contributed by atoms with van der Waals surface area (Å²) in [4.78, 5) is 6.71. The van der Waals surface area contributed by atoms with E-state index in [-0.39, 0.29) is 5.75 Å². The van der Waals surface area contributed by atoms with Crippen LogP contribution in [0.25, 0.3) is 0 Å². The monoisotopic (exact) mass is 338 g/mol. The van der Waals surface area contributed by atoms with Crippen LogP contribution in [-0.4, -0.2) is 32.1 Å². The van der Waals surface area contributed by atoms with Crippen LogP contribution in [0.2, 0.25) is 14.8 Å². The van der Waals surface area contributed by atoms with Crippen LogP contribution >= 0.6 is 0 Å². The molecule has 0 amide bonds. The molecule has 5 heteroatoms. The molecule has 0 spiro atoms. The molecule has 0 N–H and O–H groups in total. The van der Waals surface area contributed by atoms with E-state index in [1.54, 1.807) is 13.2 Å². The predicted molar refractivity (Wildman–Crippen MR) is 62.6 cm³/mol. The van der Waals surface area contributed by atoms with Crippen molar-refractivity contribution in [1.29, 1.82) is 0 Å². The van der Waals surface area contributed by atoms with Crippen molar-refractivity contribution in [2.75, 3.05) is 7.11 Å². The third-order valence-electron chi connectivity index (χ3n) is 2.21. The maximum absolute atomic E-state index is 12.0. The Hall–Kier alpha value is -0.521. The fourth-order valence-corrected chi connectivity index (χ4v) is 5.74. The van der Waals surface area contributed by atoms with E-state index >= 15 is 0 Å². The number of benzene rings is 1. The summed E-state index contributed by atoms with van der Waals surface area (Å²) in [5.74, 6) is 0.799. The molecule has 0 unspecified atom stereocenters. The first-order valence-electron chi connectivity index (χ1n) is 4.98. The summed E-state index contributed by atoms with van der Waals surface area (Å²) >= 11 is -2.26. The molecular formula is C11H16F2O2Sn. The Balaban J connectivity index is 3.07. The summed E-state index contributed by atoms with van der Waals surface area (Å²) in [6, 6.07) is 4.95. The van der Waals surface area contributed by atoms with E-state index in [2.05, 4.69) is 19.6 Å². The van der Waals surface area contributed by atoms with Crippen molar-refractivity contribution in [2.24, 2.45) is 0 Å². The molecule has 0 bridgehead atoms. The molecule has 0 fully saturated rings. The SMILES string of the molecule is COc1cc(OC(F)F)cc[c]1[Sn]([CH3])([CH3])[CH3]. The Morgan fingerprint density at radius 2 is 1.81 bits per heavy atom. The number of halogens is 2. The van der Waals surface area contributed by atoms with Gasteiger partial charge in [0.15, 0.2) is 0 Å². The summed E-state index contributed by atoms with van der Waals surface area (Å²) in [5, 5.41) is 0. The van der Waals surface area contributed by atoms with Gasteiger partial charge in [0, 0.05) is 0 Å². The molecule has 0 heterocycles. The van der Waals surface area contributed by atoms with Gasteiger partial charge >= 0.3 is 98.4 Å². The number of hydrogen-bond donors (Lipinski definition) is 0. The average Bonchev–Trinajstić information content (AvgIpc) is 2.14. The van der Waals surface area contributed by atoms with Gasteiger partial charge in [-0.05, 0) is 0 Å². The van der Waals surface area contributed by atoms with Crippen molar-refractivity contribution in [1.82, 2.24) is 0 Å². The Bertz CT molecular complexity index is 361. The number of hydrogen-bond acceptors (Lipinski definition) is 2. The number of methoxy groups -OCH3 is 1. The molecule has 1 aromatic carbocycles. The van der Waals surface area contributed by atoms with Crippen molar-refractivity contribution in [3.05, 3.63) is 18.2 Å². The van der Waals surface area contributed by atoms with Gasteiger partial charge in [-0.3, -0.25) is 0 Å². The third-order valence-corrected chi connectivity index (χ3v) is 8.00. The van der Waals surface area contributed by atoms with Crippen LogP contribution in [0.5, 0.6) is 11.5 Å². The fraction of sp³-hybridized carbons (Fsp3) is 0.455. The zero-order chi connectivity index (χ0) is 12.3. The summed E-state index contributed by atoms with van der Waals surface area (Å²) < 4.78 is 34.8. The molecule has 0 aliphatic heterocycles. The first kappa shape index (κ1) is 13.5. The van der Waals surface area contributed by atoms with Gasteiger partial charge in [0.2, 0.25) is 0 Å². The van der Waals surface area contributed by atoms with Gasteiger partial charge in [-0.15, -0.1) is 0 Å². The molecule has 90 valence electrons. The molecule has 16 heavy (non-hydrogen) atoms. The van der Waals surface area contributed by atoms with E-state index in [1.807, 2.05) is 6.07 Å². The van der Waals surface area contributed by atoms with Gasteiger partial charge in [-0.1, -0.05) is 0 Å². The molecule has 0 radical (unpaired) electrons. The topological polar surface area (TPSA) is 18.5 Å². The normalized spacial score (nSPS) is 11.7. The first-order valence-corrected chi connectivity index (χ1v) is 15.0. The van der Waals surface area contributed by atoms with Crippen molar-refractivity contribution in [2.45, 2.75) is 21.4 Å². The van der Waals surface area contributed by atoms with Crippen LogP contribution in [-0.2, 0) is 0 Å². The van der Waals surface area contributed by atoms with E-state index < -0.39 is 25.0 Å². The zero-order valence-electron chi connectivity index (χ0n) is 9.88. The van der Waals surface area contributed by atoms with E-state index in [0.717, 1.165) is 0 Å². The van der Waals surface area contributed by atoms with Crippen LogP contribution in [0, 0.1) is 0 Å². The maximum atomic E-state index is 12.0. The van der Waals surface area contributed by atoms with Crippen LogP contribution in [0.1, 0.15) is 0 Å². The quantitative estimate of drug-likeness (QED) is 0.787. The number of alkyl halides is 2. The zero-order valence-corrected chi connectivity index (χ0v) is 12.7. The standard InChI is InChI=1S/C8H7F2O2.3CH3.Sn/c1-11-6-3-2-4-7(5-6)12-8(9)10;;;;/h2,4-5,8H,1H3;3*1H3;. The van der Waals surface area contributed by atoms with Gasteiger partial charge in [0.05, 0.1) is 0 Å². The second kappa shape index (κ2) is 5.21. The van der Waals surface area contributed by atoms with Crippen LogP contribution in [0.4, 0.5) is 8.78 Å². The number of rotatable bonds is 4. The van der Waals surface area contributed by atoms with E-state index in [1.165, 1.54) is 9.65 Å². The molecule has 0 aliphatic rings. The van der Waals surface area contributed by atoms with Crippen LogP contribution in [0.15, 0.2) is 18.2 Å². The van der Waals surface area contributed by atoms with Crippen molar-refractivity contribution < 1.29 is 18.3 Å². The van der Waals surface area contributed by atoms with Gasteiger partial charge in [0.1, 0.15) is 0 Å². The molecule has 0 aromatic heterocycles. The van der Waals surface area contributed by atoms with Gasteiger partial charge in [-0.2, -0.15) is 0 Å². The minimum atomic E-state index is -2.80. The van der Waals surface area contributed by atoms with E-state index in [0.29, 0.717) is 5.75 Å². The summed E-state index contributed by atoms with van der Waals surface area (Å²) in [5.41, 5.74) is 0. The molecule has 1 aromatic rings. The van der Waals surface area contributed by atoms with Crippen molar-refractivity contribution >= 4 is 22.0 Å². The van der Waals surface area contributed by atoms with E-state index in [9.17, 15) is 8.78 Å².